The molecule has 0 saturated carbocycles. The first-order valence-corrected chi connectivity index (χ1v) is 8.60. The summed E-state index contributed by atoms with van der Waals surface area (Å²) >= 11 is 0. The number of nitrogens with one attached hydrogen (secondary N) is 2. The highest BCUT2D eigenvalue weighted by Gasteiger charge is 2.17. The minimum absolute atomic E-state index is 0.187. The number of fused-ring (bicyclic) bond motifs is 1. The topological polar surface area (TPSA) is 118 Å². The van der Waals surface area contributed by atoms with Crippen LogP contribution in [0.2, 0.25) is 0 Å². The molecule has 0 spiro atoms. The van der Waals surface area contributed by atoms with Gasteiger partial charge >= 0.3 is 5.97 Å². The molecule has 3 aromatic heterocycles. The van der Waals surface area contributed by atoms with Gasteiger partial charge in [-0.15, -0.1) is 0 Å². The summed E-state index contributed by atoms with van der Waals surface area (Å²) in [5.41, 5.74) is 1.63. The van der Waals surface area contributed by atoms with Gasteiger partial charge in [0.2, 0.25) is 5.95 Å². The number of rotatable bonds is 4. The van der Waals surface area contributed by atoms with Crippen LogP contribution in [0, 0.1) is 0 Å². The van der Waals surface area contributed by atoms with E-state index in [1.807, 2.05) is 0 Å². The van der Waals surface area contributed by atoms with Gasteiger partial charge in [-0.2, -0.15) is 5.10 Å². The number of hydrogen-bond acceptors (Lipinski definition) is 8. The van der Waals surface area contributed by atoms with Crippen molar-refractivity contribution >= 4 is 23.0 Å². The van der Waals surface area contributed by atoms with Gasteiger partial charge in [-0.1, -0.05) is 0 Å². The number of esters is 1. The number of imidazole rings is 1. The first-order valence-electron chi connectivity index (χ1n) is 8.60. The SMILES string of the molecule is COC(=O)c1ccc(Cn2ncc3[nH]c(N4CCNCC4)nc3c2=O)nc1. The number of pyridine rings is 1. The molecule has 2 N–H and O–H groups in total. The molecule has 0 aromatic carbocycles. The summed E-state index contributed by atoms with van der Waals surface area (Å²) in [5.74, 6) is 0.228. The lowest BCUT2D eigenvalue weighted by Crippen LogP contribution is -2.44. The van der Waals surface area contributed by atoms with Crippen molar-refractivity contribution in [2.75, 3.05) is 38.2 Å². The van der Waals surface area contributed by atoms with E-state index in [2.05, 4.69) is 35.0 Å². The zero-order valence-corrected chi connectivity index (χ0v) is 14.8. The molecule has 3 aromatic rings. The van der Waals surface area contributed by atoms with Crippen molar-refractivity contribution in [1.29, 1.82) is 0 Å². The van der Waals surface area contributed by atoms with Crippen molar-refractivity contribution in [3.63, 3.8) is 0 Å². The van der Waals surface area contributed by atoms with Crippen LogP contribution in [-0.2, 0) is 11.3 Å². The van der Waals surface area contributed by atoms with Crippen LogP contribution in [0.15, 0.2) is 29.3 Å². The number of nitrogens with zero attached hydrogens (tertiary/aromatic N) is 5. The van der Waals surface area contributed by atoms with Crippen molar-refractivity contribution in [3.8, 4) is 0 Å². The van der Waals surface area contributed by atoms with Gasteiger partial charge in [0.05, 0.1) is 36.6 Å². The Kier molecular flexibility index (Phi) is 4.55. The van der Waals surface area contributed by atoms with Crippen molar-refractivity contribution in [2.45, 2.75) is 6.54 Å². The Bertz CT molecular complexity index is 1020. The highest BCUT2D eigenvalue weighted by molar-refractivity contribution is 5.88. The fraction of sp³-hybridized carbons (Fsp3) is 0.353. The van der Waals surface area contributed by atoms with E-state index >= 15 is 0 Å². The molecule has 1 aliphatic heterocycles. The average Bonchev–Trinajstić information content (AvgIpc) is 3.16. The number of carbonyl (C=O) groups excluding carboxylic acids is 1. The number of H-pyrrole nitrogens is 1. The van der Waals surface area contributed by atoms with E-state index in [1.165, 1.54) is 18.0 Å². The van der Waals surface area contributed by atoms with Crippen molar-refractivity contribution in [1.82, 2.24) is 30.0 Å². The van der Waals surface area contributed by atoms with E-state index in [0.717, 1.165) is 26.2 Å². The number of methoxy groups -OCH3 is 1. The maximum Gasteiger partial charge on any atom is 0.339 e. The van der Waals surface area contributed by atoms with E-state index < -0.39 is 5.97 Å². The molecule has 10 nitrogen and oxygen atoms in total. The third-order valence-electron chi connectivity index (χ3n) is 4.46. The molecule has 0 bridgehead atoms. The van der Waals surface area contributed by atoms with Gasteiger partial charge in [-0.05, 0) is 12.1 Å². The molecule has 0 radical (unpaired) electrons. The Labute approximate surface area is 154 Å². The second kappa shape index (κ2) is 7.16. The fourth-order valence-electron chi connectivity index (χ4n) is 2.98. The summed E-state index contributed by atoms with van der Waals surface area (Å²) in [6, 6.07) is 3.27. The van der Waals surface area contributed by atoms with Crippen LogP contribution in [-0.4, -0.2) is 64.0 Å². The molecular formula is C17H19N7O3. The predicted molar refractivity (Wildman–Crippen MR) is 97.9 cm³/mol. The molecular weight excluding hydrogens is 350 g/mol. The third kappa shape index (κ3) is 3.38. The number of piperazine rings is 1. The van der Waals surface area contributed by atoms with Crippen LogP contribution in [0.4, 0.5) is 5.95 Å². The quantitative estimate of drug-likeness (QED) is 0.605. The minimum atomic E-state index is -0.456. The number of aromatic nitrogens is 5. The van der Waals surface area contributed by atoms with Crippen LogP contribution in [0.25, 0.3) is 11.0 Å². The summed E-state index contributed by atoms with van der Waals surface area (Å²) in [7, 11) is 1.31. The normalized spacial score (nSPS) is 14.5. The van der Waals surface area contributed by atoms with Gasteiger partial charge in [0.15, 0.2) is 5.52 Å². The zero-order chi connectivity index (χ0) is 18.8. The Balaban J connectivity index is 1.59. The Hall–Kier alpha value is -3.27. The monoisotopic (exact) mass is 369 g/mol. The number of ether oxygens (including phenoxy) is 1. The first kappa shape index (κ1) is 17.2. The van der Waals surface area contributed by atoms with E-state index in [9.17, 15) is 9.59 Å². The second-order valence-electron chi connectivity index (χ2n) is 6.20. The smallest absolute Gasteiger partial charge is 0.339 e. The van der Waals surface area contributed by atoms with Gasteiger partial charge in [-0.3, -0.25) is 9.78 Å². The number of carbonyl (C=O) groups is 1. The van der Waals surface area contributed by atoms with E-state index in [-0.39, 0.29) is 12.1 Å². The average molecular weight is 369 g/mol. The third-order valence-corrected chi connectivity index (χ3v) is 4.46. The first-order chi connectivity index (χ1) is 13.2. The molecule has 0 amide bonds. The van der Waals surface area contributed by atoms with Gasteiger partial charge in [0.1, 0.15) is 0 Å². The molecule has 0 aliphatic carbocycles. The molecule has 140 valence electrons. The van der Waals surface area contributed by atoms with Crippen molar-refractivity contribution in [3.05, 3.63) is 46.1 Å². The molecule has 1 saturated heterocycles. The summed E-state index contributed by atoms with van der Waals surface area (Å²) in [5, 5.41) is 7.49. The number of anilines is 1. The van der Waals surface area contributed by atoms with Crippen LogP contribution in [0.3, 0.4) is 0 Å². The van der Waals surface area contributed by atoms with Crippen molar-refractivity contribution < 1.29 is 9.53 Å². The highest BCUT2D eigenvalue weighted by atomic mass is 16.5. The maximum atomic E-state index is 12.7. The lowest BCUT2D eigenvalue weighted by Gasteiger charge is -2.26. The van der Waals surface area contributed by atoms with Crippen molar-refractivity contribution in [2.24, 2.45) is 0 Å². The summed E-state index contributed by atoms with van der Waals surface area (Å²) < 4.78 is 5.96. The van der Waals surface area contributed by atoms with Gasteiger partial charge in [-0.25, -0.2) is 14.5 Å². The lowest BCUT2D eigenvalue weighted by molar-refractivity contribution is 0.0600. The lowest BCUT2D eigenvalue weighted by atomic mass is 10.2. The summed E-state index contributed by atoms with van der Waals surface area (Å²) in [4.78, 5) is 38.1. The van der Waals surface area contributed by atoms with Crippen LogP contribution in [0.5, 0.6) is 0 Å². The zero-order valence-electron chi connectivity index (χ0n) is 14.8. The Morgan fingerprint density at radius 3 is 2.78 bits per heavy atom. The summed E-state index contributed by atoms with van der Waals surface area (Å²) in [6.07, 6.45) is 3.01. The Morgan fingerprint density at radius 1 is 1.26 bits per heavy atom. The molecule has 0 atom stereocenters. The van der Waals surface area contributed by atoms with Crippen LogP contribution in [0.1, 0.15) is 16.1 Å². The number of hydrogen-bond donors (Lipinski definition) is 2. The fourth-order valence-corrected chi connectivity index (χ4v) is 2.98. The minimum Gasteiger partial charge on any atom is -0.465 e. The molecule has 0 unspecified atom stereocenters. The number of aromatic amines is 1. The molecule has 4 rings (SSSR count). The molecule has 10 heteroatoms. The van der Waals surface area contributed by atoms with Gasteiger partial charge in [0, 0.05) is 32.4 Å². The van der Waals surface area contributed by atoms with E-state index in [1.54, 1.807) is 18.3 Å². The molecule has 1 aliphatic rings. The molecule has 4 heterocycles. The highest BCUT2D eigenvalue weighted by Crippen LogP contribution is 2.14. The van der Waals surface area contributed by atoms with Gasteiger partial charge in [0.25, 0.3) is 5.56 Å². The largest absolute Gasteiger partial charge is 0.465 e. The van der Waals surface area contributed by atoms with Crippen LogP contribution < -0.4 is 15.8 Å². The summed E-state index contributed by atoms with van der Waals surface area (Å²) in [6.45, 7) is 3.61. The second-order valence-corrected chi connectivity index (χ2v) is 6.20. The molecule has 27 heavy (non-hydrogen) atoms. The van der Waals surface area contributed by atoms with E-state index in [0.29, 0.717) is 28.2 Å². The predicted octanol–water partition coefficient (Wildman–Crippen LogP) is -0.241. The standard InChI is InChI=1S/C17H19N7O3/c1-27-16(26)11-2-3-12(19-8-11)10-24-15(25)14-13(9-20-24)21-17(22-14)23-6-4-18-5-7-23/h2-3,8-9,18H,4-7,10H2,1H3,(H,21,22). The molecule has 1 fully saturated rings. The van der Waals surface area contributed by atoms with E-state index in [4.69, 9.17) is 0 Å². The maximum absolute atomic E-state index is 12.7. The van der Waals surface area contributed by atoms with Gasteiger partial charge < -0.3 is 19.9 Å². The Morgan fingerprint density at radius 2 is 2.07 bits per heavy atom. The van der Waals surface area contributed by atoms with Crippen LogP contribution >= 0.6 is 0 Å².